The molecule has 0 spiro atoms. The van der Waals surface area contributed by atoms with E-state index in [9.17, 15) is 9.59 Å². The second-order valence-corrected chi connectivity index (χ2v) is 4.34. The lowest BCUT2D eigenvalue weighted by atomic mass is 10.3. The molecular weight excluding hydrogens is 276 g/mol. The number of carbonyl (C=O) groups excluding carboxylic acids is 2. The molecule has 21 heavy (non-hydrogen) atoms. The Hall–Kier alpha value is -2.11. The molecule has 0 unspecified atom stereocenters. The normalized spacial score (nSPS) is 15.9. The van der Waals surface area contributed by atoms with Crippen LogP contribution >= 0.6 is 0 Å². The van der Waals surface area contributed by atoms with Crippen LogP contribution in [0.2, 0.25) is 0 Å². The third-order valence-corrected chi connectivity index (χ3v) is 2.90. The lowest BCUT2D eigenvalue weighted by molar-refractivity contribution is -0.139. The van der Waals surface area contributed by atoms with Crippen molar-refractivity contribution in [3.63, 3.8) is 0 Å². The molecule has 1 rings (SSSR count). The molecule has 1 amide bonds. The van der Waals surface area contributed by atoms with E-state index in [0.717, 1.165) is 13.1 Å². The summed E-state index contributed by atoms with van der Waals surface area (Å²) in [4.78, 5) is 24.8. The SMILES string of the molecule is COC(=O)CN/C=C(/C#N)C(=O)NCCN1CCOCC1. The summed E-state index contributed by atoms with van der Waals surface area (Å²) in [6.07, 6.45) is 1.21. The van der Waals surface area contributed by atoms with E-state index in [1.54, 1.807) is 6.07 Å². The third-order valence-electron chi connectivity index (χ3n) is 2.90. The van der Waals surface area contributed by atoms with E-state index in [4.69, 9.17) is 10.00 Å². The Labute approximate surface area is 123 Å². The molecule has 2 N–H and O–H groups in total. The van der Waals surface area contributed by atoms with Gasteiger partial charge in [-0.25, -0.2) is 0 Å². The molecule has 0 aromatic rings. The van der Waals surface area contributed by atoms with Crippen LogP contribution in [-0.4, -0.2) is 69.8 Å². The van der Waals surface area contributed by atoms with E-state index < -0.39 is 11.9 Å². The van der Waals surface area contributed by atoms with Gasteiger partial charge in [-0.3, -0.25) is 14.5 Å². The standard InChI is InChI=1S/C13H20N4O4/c1-20-12(18)10-15-9-11(8-14)13(19)16-2-3-17-4-6-21-7-5-17/h9,15H,2-7,10H2,1H3,(H,16,19)/b11-9-. The molecule has 0 aromatic carbocycles. The maximum absolute atomic E-state index is 11.8. The van der Waals surface area contributed by atoms with Gasteiger partial charge in [0.05, 0.1) is 20.3 Å². The lowest BCUT2D eigenvalue weighted by Gasteiger charge is -2.26. The van der Waals surface area contributed by atoms with Crippen LogP contribution in [0.25, 0.3) is 0 Å². The summed E-state index contributed by atoms with van der Waals surface area (Å²) in [7, 11) is 1.26. The zero-order valence-electron chi connectivity index (χ0n) is 12.1. The lowest BCUT2D eigenvalue weighted by Crippen LogP contribution is -2.41. The highest BCUT2D eigenvalue weighted by Crippen LogP contribution is 1.95. The molecular formula is C13H20N4O4. The first-order valence-electron chi connectivity index (χ1n) is 6.66. The van der Waals surface area contributed by atoms with Crippen molar-refractivity contribution in [3.05, 3.63) is 11.8 Å². The predicted molar refractivity (Wildman–Crippen MR) is 74.0 cm³/mol. The van der Waals surface area contributed by atoms with Crippen molar-refractivity contribution in [1.29, 1.82) is 5.26 Å². The second kappa shape index (κ2) is 9.74. The zero-order valence-corrected chi connectivity index (χ0v) is 12.1. The average molecular weight is 296 g/mol. The number of rotatable bonds is 7. The van der Waals surface area contributed by atoms with Crippen molar-refractivity contribution in [2.75, 3.05) is 53.0 Å². The quantitative estimate of drug-likeness (QED) is 0.338. The Kier molecular flexibility index (Phi) is 7.86. The molecule has 0 saturated carbocycles. The largest absolute Gasteiger partial charge is 0.468 e. The van der Waals surface area contributed by atoms with Crippen LogP contribution in [0.3, 0.4) is 0 Å². The highest BCUT2D eigenvalue weighted by Gasteiger charge is 2.12. The van der Waals surface area contributed by atoms with Crippen LogP contribution < -0.4 is 10.6 Å². The molecule has 0 aromatic heterocycles. The maximum Gasteiger partial charge on any atom is 0.325 e. The molecule has 1 fully saturated rings. The van der Waals surface area contributed by atoms with E-state index in [-0.39, 0.29) is 12.1 Å². The van der Waals surface area contributed by atoms with Crippen molar-refractivity contribution >= 4 is 11.9 Å². The Balaban J connectivity index is 2.28. The van der Waals surface area contributed by atoms with Gasteiger partial charge in [0.2, 0.25) is 0 Å². The number of hydrogen-bond donors (Lipinski definition) is 2. The Bertz CT molecular complexity index is 424. The number of nitriles is 1. The average Bonchev–Trinajstić information content (AvgIpc) is 2.52. The zero-order chi connectivity index (χ0) is 15.5. The molecule has 116 valence electrons. The van der Waals surface area contributed by atoms with Crippen molar-refractivity contribution < 1.29 is 19.1 Å². The molecule has 0 aliphatic carbocycles. The number of nitrogens with zero attached hydrogens (tertiary/aromatic N) is 2. The maximum atomic E-state index is 11.8. The van der Waals surface area contributed by atoms with Crippen molar-refractivity contribution in [3.8, 4) is 6.07 Å². The van der Waals surface area contributed by atoms with Gasteiger partial charge >= 0.3 is 5.97 Å². The number of amides is 1. The second-order valence-electron chi connectivity index (χ2n) is 4.34. The fraction of sp³-hybridized carbons (Fsp3) is 0.615. The van der Waals surface area contributed by atoms with Crippen molar-refractivity contribution in [2.24, 2.45) is 0 Å². The number of methoxy groups -OCH3 is 1. The van der Waals surface area contributed by atoms with Crippen LogP contribution in [0, 0.1) is 11.3 Å². The Morgan fingerprint density at radius 1 is 1.43 bits per heavy atom. The van der Waals surface area contributed by atoms with Crippen molar-refractivity contribution in [1.82, 2.24) is 15.5 Å². The first-order chi connectivity index (χ1) is 10.2. The molecule has 1 aliphatic rings. The fourth-order valence-corrected chi connectivity index (χ4v) is 1.70. The summed E-state index contributed by atoms with van der Waals surface area (Å²) in [5.74, 6) is -0.945. The third kappa shape index (κ3) is 6.74. The van der Waals surface area contributed by atoms with E-state index >= 15 is 0 Å². The minimum atomic E-state index is -0.476. The minimum absolute atomic E-state index is 0.0825. The molecule has 8 nitrogen and oxygen atoms in total. The number of nitrogens with one attached hydrogen (secondary N) is 2. The molecule has 1 aliphatic heterocycles. The number of hydrogen-bond acceptors (Lipinski definition) is 7. The van der Waals surface area contributed by atoms with Crippen LogP contribution in [0.15, 0.2) is 11.8 Å². The highest BCUT2D eigenvalue weighted by molar-refractivity contribution is 5.97. The van der Waals surface area contributed by atoms with Gasteiger partial charge in [0, 0.05) is 32.4 Å². The van der Waals surface area contributed by atoms with Gasteiger partial charge in [-0.2, -0.15) is 5.26 Å². The van der Waals surface area contributed by atoms with E-state index in [1.807, 2.05) is 0 Å². The monoisotopic (exact) mass is 296 g/mol. The smallest absolute Gasteiger partial charge is 0.325 e. The summed E-state index contributed by atoms with van der Waals surface area (Å²) in [5, 5.41) is 14.1. The summed E-state index contributed by atoms with van der Waals surface area (Å²) in [6.45, 7) is 4.17. The first kappa shape index (κ1) is 16.9. The molecule has 8 heteroatoms. The van der Waals surface area contributed by atoms with Gasteiger partial charge in [0.15, 0.2) is 0 Å². The summed E-state index contributed by atoms with van der Waals surface area (Å²) >= 11 is 0. The molecule has 1 saturated heterocycles. The summed E-state index contributed by atoms with van der Waals surface area (Å²) < 4.78 is 9.66. The van der Waals surface area contributed by atoms with Gasteiger partial charge in [0.25, 0.3) is 5.91 Å². The molecule has 1 heterocycles. The number of morpholine rings is 1. The van der Waals surface area contributed by atoms with E-state index in [0.29, 0.717) is 26.3 Å². The van der Waals surface area contributed by atoms with Gasteiger partial charge in [-0.05, 0) is 0 Å². The Morgan fingerprint density at radius 3 is 2.76 bits per heavy atom. The van der Waals surface area contributed by atoms with Crippen LogP contribution in [0.5, 0.6) is 0 Å². The molecule has 0 radical (unpaired) electrons. The first-order valence-corrected chi connectivity index (χ1v) is 6.66. The van der Waals surface area contributed by atoms with Crippen LogP contribution in [0.4, 0.5) is 0 Å². The molecule has 0 bridgehead atoms. The summed E-state index contributed by atoms with van der Waals surface area (Å²) in [5.41, 5.74) is -0.0825. The highest BCUT2D eigenvalue weighted by atomic mass is 16.5. The number of carbonyl (C=O) groups is 2. The molecule has 0 atom stereocenters. The van der Waals surface area contributed by atoms with Gasteiger partial charge in [0.1, 0.15) is 18.2 Å². The van der Waals surface area contributed by atoms with E-state index in [2.05, 4.69) is 20.3 Å². The van der Waals surface area contributed by atoms with Gasteiger partial charge < -0.3 is 20.1 Å². The van der Waals surface area contributed by atoms with Crippen LogP contribution in [0.1, 0.15) is 0 Å². The van der Waals surface area contributed by atoms with Gasteiger partial charge in [-0.15, -0.1) is 0 Å². The predicted octanol–water partition coefficient (Wildman–Crippen LogP) is -1.40. The Morgan fingerprint density at radius 2 is 2.14 bits per heavy atom. The number of esters is 1. The van der Waals surface area contributed by atoms with Gasteiger partial charge in [-0.1, -0.05) is 0 Å². The van der Waals surface area contributed by atoms with E-state index in [1.165, 1.54) is 13.3 Å². The van der Waals surface area contributed by atoms with Crippen molar-refractivity contribution in [2.45, 2.75) is 0 Å². The topological polar surface area (TPSA) is 104 Å². The minimum Gasteiger partial charge on any atom is -0.468 e. The number of ether oxygens (including phenoxy) is 2. The fourth-order valence-electron chi connectivity index (χ4n) is 1.70. The van der Waals surface area contributed by atoms with Crippen LogP contribution in [-0.2, 0) is 19.1 Å². The summed E-state index contributed by atoms with van der Waals surface area (Å²) in [6, 6.07) is 1.78.